The van der Waals surface area contributed by atoms with Gasteiger partial charge in [0.2, 0.25) is 6.79 Å². The highest BCUT2D eigenvalue weighted by Gasteiger charge is 2.14. The van der Waals surface area contributed by atoms with Gasteiger partial charge in [0.15, 0.2) is 11.5 Å². The van der Waals surface area contributed by atoms with E-state index >= 15 is 0 Å². The van der Waals surface area contributed by atoms with Crippen LogP contribution in [0, 0.1) is 0 Å². The Balaban J connectivity index is 1.79. The molecule has 0 unspecified atom stereocenters. The molecule has 0 aliphatic carbocycles. The Morgan fingerprint density at radius 3 is 2.61 bits per heavy atom. The first-order valence-electron chi connectivity index (χ1n) is 5.65. The van der Waals surface area contributed by atoms with Crippen LogP contribution in [0.25, 0.3) is 0 Å². The van der Waals surface area contributed by atoms with Crippen molar-refractivity contribution in [1.82, 2.24) is 0 Å². The molecule has 0 saturated carbocycles. The third-order valence-corrected chi connectivity index (χ3v) is 4.13. The molecule has 4 heteroatoms. The molecule has 1 aliphatic rings. The highest BCUT2D eigenvalue weighted by molar-refractivity contribution is 7.84. The zero-order valence-corrected chi connectivity index (χ0v) is 10.5. The molecular formula is C14H12O3S. The van der Waals surface area contributed by atoms with Gasteiger partial charge in [-0.15, -0.1) is 0 Å². The number of hydrogen-bond donors (Lipinski definition) is 0. The van der Waals surface area contributed by atoms with Crippen LogP contribution < -0.4 is 9.47 Å². The summed E-state index contributed by atoms with van der Waals surface area (Å²) in [5.41, 5.74) is 0.987. The van der Waals surface area contributed by atoms with E-state index in [1.54, 1.807) is 0 Å². The Labute approximate surface area is 108 Å². The van der Waals surface area contributed by atoms with Crippen molar-refractivity contribution in [2.45, 2.75) is 10.6 Å². The molecular weight excluding hydrogens is 248 g/mol. The van der Waals surface area contributed by atoms with E-state index in [1.165, 1.54) is 0 Å². The molecule has 1 aliphatic heterocycles. The van der Waals surface area contributed by atoms with Gasteiger partial charge in [-0.1, -0.05) is 24.3 Å². The van der Waals surface area contributed by atoms with Crippen LogP contribution in [0.2, 0.25) is 0 Å². The molecule has 1 atom stereocenters. The third kappa shape index (κ3) is 2.24. The van der Waals surface area contributed by atoms with Crippen molar-refractivity contribution < 1.29 is 13.7 Å². The van der Waals surface area contributed by atoms with Gasteiger partial charge >= 0.3 is 0 Å². The van der Waals surface area contributed by atoms with E-state index in [0.717, 1.165) is 22.0 Å². The molecule has 0 amide bonds. The van der Waals surface area contributed by atoms with Gasteiger partial charge in [0.25, 0.3) is 0 Å². The number of benzene rings is 2. The second-order valence-corrected chi connectivity index (χ2v) is 5.44. The van der Waals surface area contributed by atoms with Crippen LogP contribution in [0.3, 0.4) is 0 Å². The van der Waals surface area contributed by atoms with Crippen molar-refractivity contribution in [2.24, 2.45) is 0 Å². The highest BCUT2D eigenvalue weighted by atomic mass is 32.2. The van der Waals surface area contributed by atoms with Gasteiger partial charge in [0.05, 0.1) is 16.6 Å². The monoisotopic (exact) mass is 260 g/mol. The number of rotatable bonds is 3. The van der Waals surface area contributed by atoms with Gasteiger partial charge in [-0.25, -0.2) is 0 Å². The Morgan fingerprint density at radius 1 is 1.00 bits per heavy atom. The molecule has 3 nitrogen and oxygen atoms in total. The molecule has 92 valence electrons. The van der Waals surface area contributed by atoms with Gasteiger partial charge in [0, 0.05) is 4.90 Å². The molecule has 1 heterocycles. The van der Waals surface area contributed by atoms with Crippen molar-refractivity contribution in [3.05, 3.63) is 54.1 Å². The first-order valence-corrected chi connectivity index (χ1v) is 6.97. The molecule has 0 spiro atoms. The minimum atomic E-state index is -1.03. The molecule has 3 rings (SSSR count). The van der Waals surface area contributed by atoms with E-state index in [-0.39, 0.29) is 6.79 Å². The average molecular weight is 260 g/mol. The maximum absolute atomic E-state index is 12.2. The Bertz CT molecular complexity index is 581. The van der Waals surface area contributed by atoms with Crippen molar-refractivity contribution in [3.63, 3.8) is 0 Å². The Kier molecular flexibility index (Phi) is 3.02. The predicted octanol–water partition coefficient (Wildman–Crippen LogP) is 2.72. The molecule has 0 N–H and O–H groups in total. The molecule has 18 heavy (non-hydrogen) atoms. The van der Waals surface area contributed by atoms with Crippen LogP contribution in [0.15, 0.2) is 53.4 Å². The smallest absolute Gasteiger partial charge is 0.231 e. The molecule has 0 fully saturated rings. The largest absolute Gasteiger partial charge is 0.454 e. The van der Waals surface area contributed by atoms with Crippen LogP contribution in [-0.4, -0.2) is 11.0 Å². The second kappa shape index (κ2) is 4.82. The summed E-state index contributed by atoms with van der Waals surface area (Å²) in [4.78, 5) is 0.843. The summed E-state index contributed by atoms with van der Waals surface area (Å²) < 4.78 is 22.7. The number of fused-ring (bicyclic) bond motifs is 1. The summed E-state index contributed by atoms with van der Waals surface area (Å²) in [5, 5.41) is 0. The fraction of sp³-hybridized carbons (Fsp3) is 0.143. The molecule has 2 aromatic carbocycles. The van der Waals surface area contributed by atoms with Gasteiger partial charge < -0.3 is 9.47 Å². The molecule has 0 radical (unpaired) electrons. The van der Waals surface area contributed by atoms with Crippen LogP contribution >= 0.6 is 0 Å². The zero-order chi connectivity index (χ0) is 12.4. The lowest BCUT2D eigenvalue weighted by atomic mass is 10.2. The van der Waals surface area contributed by atoms with Crippen LogP contribution in [0.1, 0.15) is 5.56 Å². The first-order chi connectivity index (χ1) is 8.83. The second-order valence-electron chi connectivity index (χ2n) is 3.99. The summed E-state index contributed by atoms with van der Waals surface area (Å²) in [6, 6.07) is 15.1. The summed E-state index contributed by atoms with van der Waals surface area (Å²) in [6.07, 6.45) is 0. The van der Waals surface area contributed by atoms with E-state index in [1.807, 2.05) is 48.5 Å². The number of hydrogen-bond acceptors (Lipinski definition) is 3. The van der Waals surface area contributed by atoms with Crippen LogP contribution in [-0.2, 0) is 16.6 Å². The quantitative estimate of drug-likeness (QED) is 0.851. The fourth-order valence-electron chi connectivity index (χ4n) is 1.84. The molecule has 0 bridgehead atoms. The lowest BCUT2D eigenvalue weighted by molar-refractivity contribution is 0.174. The fourth-order valence-corrected chi connectivity index (χ4v) is 2.95. The van der Waals surface area contributed by atoms with E-state index in [0.29, 0.717) is 5.75 Å². The Morgan fingerprint density at radius 2 is 1.78 bits per heavy atom. The lowest BCUT2D eigenvalue weighted by Crippen LogP contribution is -1.96. The summed E-state index contributed by atoms with van der Waals surface area (Å²) >= 11 is 0. The van der Waals surface area contributed by atoms with E-state index in [4.69, 9.17) is 9.47 Å². The average Bonchev–Trinajstić information content (AvgIpc) is 2.87. The highest BCUT2D eigenvalue weighted by Crippen LogP contribution is 2.33. The third-order valence-electron chi connectivity index (χ3n) is 2.74. The van der Waals surface area contributed by atoms with Gasteiger partial charge in [-0.3, -0.25) is 4.21 Å². The lowest BCUT2D eigenvalue weighted by Gasteiger charge is -2.03. The molecule has 0 saturated heterocycles. The van der Waals surface area contributed by atoms with Gasteiger partial charge in [-0.05, 0) is 29.8 Å². The van der Waals surface area contributed by atoms with Gasteiger partial charge in [0.1, 0.15) is 0 Å². The molecule has 2 aromatic rings. The minimum Gasteiger partial charge on any atom is -0.454 e. The predicted molar refractivity (Wildman–Crippen MR) is 69.1 cm³/mol. The first kappa shape index (κ1) is 11.3. The minimum absolute atomic E-state index is 0.264. The molecule has 0 aromatic heterocycles. The van der Waals surface area contributed by atoms with Crippen LogP contribution in [0.4, 0.5) is 0 Å². The van der Waals surface area contributed by atoms with Crippen molar-refractivity contribution in [1.29, 1.82) is 0 Å². The maximum Gasteiger partial charge on any atom is 0.231 e. The van der Waals surface area contributed by atoms with E-state index in [9.17, 15) is 4.21 Å². The summed E-state index contributed by atoms with van der Waals surface area (Å²) in [7, 11) is -1.03. The Hall–Kier alpha value is -1.81. The summed E-state index contributed by atoms with van der Waals surface area (Å²) in [6.45, 7) is 0.264. The maximum atomic E-state index is 12.2. The zero-order valence-electron chi connectivity index (χ0n) is 9.67. The normalized spacial score (nSPS) is 14.4. The van der Waals surface area contributed by atoms with E-state index < -0.39 is 10.8 Å². The number of ether oxygens (including phenoxy) is 2. The standard InChI is InChI=1S/C14H12O3S/c15-18(12-4-2-1-3-5-12)9-11-6-7-13-14(8-11)17-10-16-13/h1-8H,9-10H2/t18-/m1/s1. The van der Waals surface area contributed by atoms with E-state index in [2.05, 4.69) is 0 Å². The SMILES string of the molecule is O=[S@](Cc1ccc2c(c1)OCO2)c1ccccc1. The van der Waals surface area contributed by atoms with Crippen molar-refractivity contribution in [3.8, 4) is 11.5 Å². The van der Waals surface area contributed by atoms with Crippen LogP contribution in [0.5, 0.6) is 11.5 Å². The van der Waals surface area contributed by atoms with Crippen molar-refractivity contribution >= 4 is 10.8 Å². The summed E-state index contributed by atoms with van der Waals surface area (Å²) in [5.74, 6) is 1.97. The van der Waals surface area contributed by atoms with Crippen molar-refractivity contribution in [2.75, 3.05) is 6.79 Å². The topological polar surface area (TPSA) is 35.5 Å². The van der Waals surface area contributed by atoms with Gasteiger partial charge in [-0.2, -0.15) is 0 Å².